The Morgan fingerprint density at radius 2 is 2.16 bits per heavy atom. The van der Waals surface area contributed by atoms with Crippen LogP contribution in [0, 0.1) is 0 Å². The van der Waals surface area contributed by atoms with Crippen LogP contribution in [-0.2, 0) is 9.53 Å². The lowest BCUT2D eigenvalue weighted by molar-refractivity contribution is -0.149. The second kappa shape index (κ2) is 6.02. The second-order valence-corrected chi connectivity index (χ2v) is 4.95. The lowest BCUT2D eigenvalue weighted by atomic mass is 10.2. The maximum Gasteiger partial charge on any atom is 0.263 e. The molecule has 1 aliphatic heterocycles. The molecule has 19 heavy (non-hydrogen) atoms. The highest BCUT2D eigenvalue weighted by atomic mass is 16.5. The Balaban J connectivity index is 1.95. The van der Waals surface area contributed by atoms with Crippen LogP contribution in [0.25, 0.3) is 0 Å². The fourth-order valence-electron chi connectivity index (χ4n) is 2.29. The summed E-state index contributed by atoms with van der Waals surface area (Å²) < 4.78 is 11.2. The molecule has 1 aromatic rings. The number of aromatic nitrogens is 1. The maximum absolute atomic E-state index is 12.3. The number of amides is 1. The van der Waals surface area contributed by atoms with Crippen LogP contribution in [0.5, 0.6) is 5.75 Å². The lowest BCUT2D eigenvalue weighted by Gasteiger charge is -2.36. The predicted molar refractivity (Wildman–Crippen MR) is 70.9 cm³/mol. The summed E-state index contributed by atoms with van der Waals surface area (Å²) in [5, 5.41) is 0. The van der Waals surface area contributed by atoms with Crippen LogP contribution in [0.15, 0.2) is 24.5 Å². The highest BCUT2D eigenvalue weighted by Crippen LogP contribution is 2.15. The van der Waals surface area contributed by atoms with Gasteiger partial charge in [-0.2, -0.15) is 0 Å². The van der Waals surface area contributed by atoms with Gasteiger partial charge in [-0.15, -0.1) is 0 Å². The first-order valence-corrected chi connectivity index (χ1v) is 6.57. The Bertz CT molecular complexity index is 414. The molecule has 0 saturated carbocycles. The Labute approximate surface area is 113 Å². The minimum atomic E-state index is -0.512. The maximum atomic E-state index is 12.3. The van der Waals surface area contributed by atoms with Gasteiger partial charge in [-0.1, -0.05) is 0 Å². The van der Waals surface area contributed by atoms with Crippen molar-refractivity contribution in [1.29, 1.82) is 0 Å². The fraction of sp³-hybridized carbons (Fsp3) is 0.571. The quantitative estimate of drug-likeness (QED) is 0.830. The molecule has 5 heteroatoms. The van der Waals surface area contributed by atoms with Crippen LogP contribution in [0.4, 0.5) is 0 Å². The van der Waals surface area contributed by atoms with Gasteiger partial charge in [0.1, 0.15) is 5.75 Å². The summed E-state index contributed by atoms with van der Waals surface area (Å²) in [5.74, 6) is 0.601. The predicted octanol–water partition coefficient (Wildman–Crippen LogP) is 1.48. The van der Waals surface area contributed by atoms with Crippen molar-refractivity contribution in [1.82, 2.24) is 9.88 Å². The number of nitrogens with zero attached hydrogens (tertiary/aromatic N) is 2. The van der Waals surface area contributed by atoms with Gasteiger partial charge in [-0.3, -0.25) is 9.78 Å². The monoisotopic (exact) mass is 264 g/mol. The zero-order chi connectivity index (χ0) is 13.8. The molecule has 3 atom stereocenters. The molecule has 1 saturated heterocycles. The number of hydrogen-bond acceptors (Lipinski definition) is 4. The Morgan fingerprint density at radius 3 is 2.74 bits per heavy atom. The fourth-order valence-corrected chi connectivity index (χ4v) is 2.29. The number of morpholine rings is 1. The van der Waals surface area contributed by atoms with E-state index in [1.165, 1.54) is 0 Å². The molecule has 0 N–H and O–H groups in total. The number of rotatable bonds is 3. The summed E-state index contributed by atoms with van der Waals surface area (Å²) in [7, 11) is 0. The van der Waals surface area contributed by atoms with Crippen LogP contribution in [0.1, 0.15) is 20.8 Å². The molecule has 1 aliphatic rings. The number of carbonyl (C=O) groups excluding carboxylic acids is 1. The molecule has 104 valence electrons. The van der Waals surface area contributed by atoms with E-state index in [1.54, 1.807) is 36.4 Å². The number of hydrogen-bond donors (Lipinski definition) is 0. The number of ether oxygens (including phenoxy) is 2. The van der Waals surface area contributed by atoms with Crippen molar-refractivity contribution < 1.29 is 14.3 Å². The molecule has 1 unspecified atom stereocenters. The van der Waals surface area contributed by atoms with Gasteiger partial charge < -0.3 is 14.4 Å². The van der Waals surface area contributed by atoms with Gasteiger partial charge in [0.05, 0.1) is 18.4 Å². The highest BCUT2D eigenvalue weighted by molar-refractivity contribution is 5.81. The van der Waals surface area contributed by atoms with E-state index in [0.29, 0.717) is 18.8 Å². The van der Waals surface area contributed by atoms with E-state index in [4.69, 9.17) is 9.47 Å². The van der Waals surface area contributed by atoms with E-state index in [0.717, 1.165) is 0 Å². The molecule has 2 heterocycles. The van der Waals surface area contributed by atoms with Gasteiger partial charge >= 0.3 is 0 Å². The van der Waals surface area contributed by atoms with Crippen molar-refractivity contribution in [3.05, 3.63) is 24.5 Å². The SMILES string of the molecule is CC(Oc1cccnc1)C(=O)N1C[C@@H](C)O[C@@H](C)C1. The Kier molecular flexibility index (Phi) is 4.37. The first-order valence-electron chi connectivity index (χ1n) is 6.57. The molecule has 1 amide bonds. The van der Waals surface area contributed by atoms with E-state index >= 15 is 0 Å². The van der Waals surface area contributed by atoms with E-state index in [-0.39, 0.29) is 18.1 Å². The molecule has 0 radical (unpaired) electrons. The summed E-state index contributed by atoms with van der Waals surface area (Å²) in [6.07, 6.45) is 2.90. The molecular weight excluding hydrogens is 244 g/mol. The molecule has 1 fully saturated rings. The van der Waals surface area contributed by atoms with Crippen molar-refractivity contribution >= 4 is 5.91 Å². The molecule has 0 aromatic carbocycles. The average molecular weight is 264 g/mol. The first kappa shape index (κ1) is 13.8. The molecule has 5 nitrogen and oxygen atoms in total. The van der Waals surface area contributed by atoms with Crippen LogP contribution in [0.3, 0.4) is 0 Å². The van der Waals surface area contributed by atoms with Gasteiger partial charge in [0.2, 0.25) is 0 Å². The van der Waals surface area contributed by atoms with Gasteiger partial charge in [-0.05, 0) is 32.9 Å². The Morgan fingerprint density at radius 1 is 1.47 bits per heavy atom. The van der Waals surface area contributed by atoms with Crippen molar-refractivity contribution in [2.24, 2.45) is 0 Å². The first-order chi connectivity index (χ1) is 9.06. The van der Waals surface area contributed by atoms with Crippen molar-refractivity contribution in [3.63, 3.8) is 0 Å². The average Bonchev–Trinajstić information content (AvgIpc) is 2.37. The third-order valence-corrected chi connectivity index (χ3v) is 3.03. The molecule has 1 aromatic heterocycles. The van der Waals surface area contributed by atoms with Gasteiger partial charge in [0.15, 0.2) is 6.10 Å². The van der Waals surface area contributed by atoms with Crippen molar-refractivity contribution in [3.8, 4) is 5.75 Å². The summed E-state index contributed by atoms with van der Waals surface area (Å²) in [5.41, 5.74) is 0. The summed E-state index contributed by atoms with van der Waals surface area (Å²) in [4.78, 5) is 18.1. The van der Waals surface area contributed by atoms with Gasteiger partial charge in [-0.25, -0.2) is 0 Å². The van der Waals surface area contributed by atoms with Gasteiger partial charge in [0, 0.05) is 19.3 Å². The number of pyridine rings is 1. The van der Waals surface area contributed by atoms with E-state index in [9.17, 15) is 4.79 Å². The molecule has 0 spiro atoms. The minimum Gasteiger partial charge on any atom is -0.479 e. The summed E-state index contributed by atoms with van der Waals surface area (Å²) in [6, 6.07) is 3.58. The highest BCUT2D eigenvalue weighted by Gasteiger charge is 2.29. The van der Waals surface area contributed by atoms with Crippen LogP contribution in [0.2, 0.25) is 0 Å². The third kappa shape index (κ3) is 3.67. The largest absolute Gasteiger partial charge is 0.479 e. The lowest BCUT2D eigenvalue weighted by Crippen LogP contribution is -2.51. The molecule has 2 rings (SSSR count). The minimum absolute atomic E-state index is 0.00847. The number of carbonyl (C=O) groups is 1. The second-order valence-electron chi connectivity index (χ2n) is 4.95. The normalized spacial score (nSPS) is 24.9. The third-order valence-electron chi connectivity index (χ3n) is 3.03. The van der Waals surface area contributed by atoms with E-state index < -0.39 is 6.10 Å². The van der Waals surface area contributed by atoms with Crippen molar-refractivity contribution in [2.45, 2.75) is 39.1 Å². The van der Waals surface area contributed by atoms with Crippen LogP contribution < -0.4 is 4.74 Å². The van der Waals surface area contributed by atoms with Gasteiger partial charge in [0.25, 0.3) is 5.91 Å². The summed E-state index contributed by atoms with van der Waals surface area (Å²) >= 11 is 0. The molecule has 0 bridgehead atoms. The van der Waals surface area contributed by atoms with Crippen molar-refractivity contribution in [2.75, 3.05) is 13.1 Å². The zero-order valence-corrected chi connectivity index (χ0v) is 11.6. The van der Waals surface area contributed by atoms with Crippen LogP contribution in [-0.4, -0.2) is 47.2 Å². The van der Waals surface area contributed by atoms with E-state index in [2.05, 4.69) is 4.98 Å². The standard InChI is InChI=1S/C14H20N2O3/c1-10-8-16(9-11(2)18-10)14(17)12(3)19-13-5-4-6-15-7-13/h4-7,10-12H,8-9H2,1-3H3/t10-,11+,12?. The smallest absolute Gasteiger partial charge is 0.263 e. The topological polar surface area (TPSA) is 51.7 Å². The van der Waals surface area contributed by atoms with E-state index in [1.807, 2.05) is 13.8 Å². The van der Waals surface area contributed by atoms with Crippen LogP contribution >= 0.6 is 0 Å². The summed E-state index contributed by atoms with van der Waals surface area (Å²) in [6.45, 7) is 6.94. The molecule has 0 aliphatic carbocycles. The molecular formula is C14H20N2O3. The zero-order valence-electron chi connectivity index (χ0n) is 11.6. The Hall–Kier alpha value is -1.62.